The molecule has 3 nitrogen and oxygen atoms in total. The van der Waals surface area contributed by atoms with E-state index in [9.17, 15) is 0 Å². The molecule has 1 aliphatic heterocycles. The summed E-state index contributed by atoms with van der Waals surface area (Å²) in [6, 6.07) is 12.2. The third kappa shape index (κ3) is 2.45. The Morgan fingerprint density at radius 1 is 1.21 bits per heavy atom. The minimum absolute atomic E-state index is 0.754. The lowest BCUT2D eigenvalue weighted by molar-refractivity contribution is 0.322. The lowest BCUT2D eigenvalue weighted by atomic mass is 10.2. The molecule has 1 aromatic heterocycles. The molecule has 0 atom stereocenters. The number of aromatic nitrogens is 1. The number of benzene rings is 1. The van der Waals surface area contributed by atoms with E-state index < -0.39 is 0 Å². The Hall–Kier alpha value is -1.55. The number of anilines is 2. The van der Waals surface area contributed by atoms with Gasteiger partial charge in [-0.25, -0.2) is 4.98 Å². The van der Waals surface area contributed by atoms with Gasteiger partial charge in [0.25, 0.3) is 0 Å². The van der Waals surface area contributed by atoms with Gasteiger partial charge < -0.3 is 9.64 Å². The second-order valence-electron chi connectivity index (χ2n) is 4.44. The smallest absolute Gasteiger partial charge is 0.142 e. The molecule has 0 radical (unpaired) electrons. The van der Waals surface area contributed by atoms with E-state index in [2.05, 4.69) is 37.9 Å². The van der Waals surface area contributed by atoms with Crippen LogP contribution in [0.3, 0.4) is 0 Å². The number of ether oxygens (including phenoxy) is 1. The minimum Gasteiger partial charge on any atom is -0.491 e. The molecule has 98 valence electrons. The number of pyridine rings is 1. The maximum Gasteiger partial charge on any atom is 0.142 e. The first-order valence-electron chi connectivity index (χ1n) is 6.39. The van der Waals surface area contributed by atoms with E-state index in [1.54, 1.807) is 0 Å². The predicted molar refractivity (Wildman–Crippen MR) is 80.4 cm³/mol. The topological polar surface area (TPSA) is 25.4 Å². The average Bonchev–Trinajstić information content (AvgIpc) is 2.69. The zero-order valence-electron chi connectivity index (χ0n) is 10.6. The number of fused-ring (bicyclic) bond motifs is 1. The van der Waals surface area contributed by atoms with E-state index in [-0.39, 0.29) is 0 Å². The van der Waals surface area contributed by atoms with Gasteiger partial charge in [0.05, 0.1) is 12.3 Å². The fourth-order valence-electron chi connectivity index (χ4n) is 2.33. The number of hydrogen-bond acceptors (Lipinski definition) is 3. The van der Waals surface area contributed by atoms with E-state index in [1.165, 1.54) is 5.56 Å². The molecule has 1 aromatic carbocycles. The van der Waals surface area contributed by atoms with Crippen molar-refractivity contribution in [2.24, 2.45) is 0 Å². The van der Waals surface area contributed by atoms with Crippen LogP contribution in [0.15, 0.2) is 42.6 Å². The van der Waals surface area contributed by atoms with E-state index in [0.29, 0.717) is 0 Å². The Bertz CT molecular complexity index is 574. The summed E-state index contributed by atoms with van der Waals surface area (Å²) in [5, 5.41) is 0.801. The normalized spacial score (nSPS) is 14.5. The van der Waals surface area contributed by atoms with Crippen molar-refractivity contribution in [3.63, 3.8) is 0 Å². The summed E-state index contributed by atoms with van der Waals surface area (Å²) in [5.74, 6) is 1.95. The molecule has 19 heavy (non-hydrogen) atoms. The van der Waals surface area contributed by atoms with Crippen molar-refractivity contribution < 1.29 is 4.74 Å². The largest absolute Gasteiger partial charge is 0.491 e. The molecule has 0 aliphatic carbocycles. The summed E-state index contributed by atoms with van der Waals surface area (Å²) in [5.41, 5.74) is 2.29. The molecule has 0 spiro atoms. The minimum atomic E-state index is 0.754. The number of halogens is 1. The zero-order chi connectivity index (χ0) is 13.1. The van der Waals surface area contributed by atoms with Crippen molar-refractivity contribution in [2.75, 3.05) is 18.1 Å². The second kappa shape index (κ2) is 5.61. The molecular formula is C15H15BrN2O. The van der Waals surface area contributed by atoms with Crippen molar-refractivity contribution in [1.29, 1.82) is 0 Å². The maximum atomic E-state index is 5.79. The Balaban J connectivity index is 2.09. The first-order valence-corrected chi connectivity index (χ1v) is 7.51. The molecule has 2 heterocycles. The maximum absolute atomic E-state index is 5.79. The lowest BCUT2D eigenvalue weighted by Gasteiger charge is -2.24. The Morgan fingerprint density at radius 2 is 2.11 bits per heavy atom. The van der Waals surface area contributed by atoms with Crippen LogP contribution in [0.25, 0.3) is 0 Å². The summed E-state index contributed by atoms with van der Waals surface area (Å²) < 4.78 is 5.79. The fraction of sp³-hybridized carbons (Fsp3) is 0.267. The molecule has 0 N–H and O–H groups in total. The summed E-state index contributed by atoms with van der Waals surface area (Å²) in [6.45, 7) is 1.68. The summed E-state index contributed by atoms with van der Waals surface area (Å²) in [7, 11) is 0. The summed E-state index contributed by atoms with van der Waals surface area (Å²) in [6.07, 6.45) is 2.84. The van der Waals surface area contributed by atoms with Crippen molar-refractivity contribution in [2.45, 2.75) is 11.8 Å². The molecule has 0 amide bonds. The predicted octanol–water partition coefficient (Wildman–Crippen LogP) is 3.90. The van der Waals surface area contributed by atoms with Gasteiger partial charge in [0.1, 0.15) is 11.6 Å². The average molecular weight is 319 g/mol. The number of para-hydroxylation sites is 2. The van der Waals surface area contributed by atoms with E-state index in [1.807, 2.05) is 30.5 Å². The molecule has 0 saturated carbocycles. The third-order valence-corrected chi connectivity index (χ3v) is 3.81. The van der Waals surface area contributed by atoms with Gasteiger partial charge in [-0.2, -0.15) is 0 Å². The van der Waals surface area contributed by atoms with E-state index in [4.69, 9.17) is 4.74 Å². The highest BCUT2D eigenvalue weighted by Crippen LogP contribution is 2.36. The van der Waals surface area contributed by atoms with Crippen molar-refractivity contribution >= 4 is 27.4 Å². The molecule has 3 rings (SSSR count). The van der Waals surface area contributed by atoms with Crippen LogP contribution in [-0.2, 0) is 5.33 Å². The van der Waals surface area contributed by atoms with Crippen molar-refractivity contribution in [1.82, 2.24) is 4.98 Å². The number of nitrogens with zero attached hydrogens (tertiary/aromatic N) is 2. The number of rotatable bonds is 2. The van der Waals surface area contributed by atoms with Gasteiger partial charge in [-0.15, -0.1) is 0 Å². The van der Waals surface area contributed by atoms with Gasteiger partial charge in [-0.1, -0.05) is 34.1 Å². The summed E-state index contributed by atoms with van der Waals surface area (Å²) in [4.78, 5) is 6.80. The molecule has 4 heteroatoms. The Labute approximate surface area is 121 Å². The van der Waals surface area contributed by atoms with Crippen LogP contribution in [0.2, 0.25) is 0 Å². The standard InChI is InChI=1S/C15H15BrN2O/c16-11-12-5-3-8-17-15(12)18-9-4-10-19-14-7-2-1-6-13(14)18/h1-3,5-8H,4,9-11H2. The summed E-state index contributed by atoms with van der Waals surface area (Å²) >= 11 is 3.54. The molecule has 0 saturated heterocycles. The number of alkyl halides is 1. The molecule has 0 unspecified atom stereocenters. The van der Waals surface area contributed by atoms with Crippen LogP contribution in [0.1, 0.15) is 12.0 Å². The van der Waals surface area contributed by atoms with E-state index in [0.717, 1.165) is 42.2 Å². The van der Waals surface area contributed by atoms with Crippen molar-refractivity contribution in [3.8, 4) is 5.75 Å². The SMILES string of the molecule is BrCc1cccnc1N1CCCOc2ccccc21. The van der Waals surface area contributed by atoms with Gasteiger partial charge in [0, 0.05) is 23.6 Å². The van der Waals surface area contributed by atoms with Crippen LogP contribution in [0, 0.1) is 0 Å². The lowest BCUT2D eigenvalue weighted by Crippen LogP contribution is -2.20. The quantitative estimate of drug-likeness (QED) is 0.785. The highest BCUT2D eigenvalue weighted by molar-refractivity contribution is 9.08. The van der Waals surface area contributed by atoms with Crippen molar-refractivity contribution in [3.05, 3.63) is 48.2 Å². The Morgan fingerprint density at radius 3 is 3.00 bits per heavy atom. The molecule has 0 bridgehead atoms. The van der Waals surface area contributed by atoms with Gasteiger partial charge >= 0.3 is 0 Å². The fourth-order valence-corrected chi connectivity index (χ4v) is 2.76. The van der Waals surface area contributed by atoms with Crippen LogP contribution in [0.5, 0.6) is 5.75 Å². The molecule has 1 aliphatic rings. The zero-order valence-corrected chi connectivity index (χ0v) is 12.1. The molecule has 0 fully saturated rings. The molecule has 2 aromatic rings. The third-order valence-electron chi connectivity index (χ3n) is 3.21. The monoisotopic (exact) mass is 318 g/mol. The molecular weight excluding hydrogens is 304 g/mol. The van der Waals surface area contributed by atoms with Gasteiger partial charge in [0.15, 0.2) is 0 Å². The highest BCUT2D eigenvalue weighted by atomic mass is 79.9. The van der Waals surface area contributed by atoms with Gasteiger partial charge in [-0.05, 0) is 24.6 Å². The first kappa shape index (κ1) is 12.5. The second-order valence-corrected chi connectivity index (χ2v) is 5.00. The highest BCUT2D eigenvalue weighted by Gasteiger charge is 2.20. The van der Waals surface area contributed by atoms with Crippen LogP contribution in [-0.4, -0.2) is 18.1 Å². The van der Waals surface area contributed by atoms with Crippen LogP contribution < -0.4 is 9.64 Å². The van der Waals surface area contributed by atoms with E-state index >= 15 is 0 Å². The van der Waals surface area contributed by atoms with Crippen LogP contribution >= 0.6 is 15.9 Å². The number of hydrogen-bond donors (Lipinski definition) is 0. The van der Waals surface area contributed by atoms with Crippen LogP contribution in [0.4, 0.5) is 11.5 Å². The van der Waals surface area contributed by atoms with Gasteiger partial charge in [0.2, 0.25) is 0 Å². The first-order chi connectivity index (χ1) is 9.40. The van der Waals surface area contributed by atoms with Gasteiger partial charge in [-0.3, -0.25) is 0 Å². The Kier molecular flexibility index (Phi) is 3.69.